The number of tetrazole rings is 1. The zero-order valence-electron chi connectivity index (χ0n) is 16.6. The minimum absolute atomic E-state index is 0.482. The van der Waals surface area contributed by atoms with Crippen molar-refractivity contribution in [2.45, 2.75) is 25.4 Å². The average Bonchev–Trinajstić information content (AvgIpc) is 3.33. The van der Waals surface area contributed by atoms with Crippen LogP contribution in [0.25, 0.3) is 28.2 Å². The Morgan fingerprint density at radius 1 is 0.968 bits per heavy atom. The van der Waals surface area contributed by atoms with E-state index < -0.39 is 0 Å². The topological polar surface area (TPSA) is 93.9 Å². The molecule has 0 aliphatic heterocycles. The molecule has 1 saturated carbocycles. The van der Waals surface area contributed by atoms with Crippen LogP contribution in [0.2, 0.25) is 0 Å². The van der Waals surface area contributed by atoms with Gasteiger partial charge in [0.1, 0.15) is 12.4 Å². The average molecular weight is 409 g/mol. The Hall–Kier alpha value is -4.07. The molecule has 31 heavy (non-hydrogen) atoms. The molecule has 0 amide bonds. The van der Waals surface area contributed by atoms with Crippen molar-refractivity contribution in [1.82, 2.24) is 35.2 Å². The van der Waals surface area contributed by atoms with Gasteiger partial charge in [-0.1, -0.05) is 42.5 Å². The Labute approximate surface area is 177 Å². The highest BCUT2D eigenvalue weighted by Gasteiger charge is 2.31. The molecule has 152 valence electrons. The van der Waals surface area contributed by atoms with E-state index in [0.29, 0.717) is 18.3 Å². The number of nitrogens with one attached hydrogen (secondary N) is 1. The van der Waals surface area contributed by atoms with Crippen molar-refractivity contribution in [2.75, 3.05) is 0 Å². The van der Waals surface area contributed by atoms with Crippen LogP contribution < -0.4 is 4.74 Å². The predicted molar refractivity (Wildman–Crippen MR) is 114 cm³/mol. The summed E-state index contributed by atoms with van der Waals surface area (Å²) in [6, 6.07) is 18.3. The van der Waals surface area contributed by atoms with Crippen LogP contribution in [0.1, 0.15) is 30.0 Å². The first-order chi connectivity index (χ1) is 15.4. The van der Waals surface area contributed by atoms with Crippen molar-refractivity contribution in [1.29, 1.82) is 0 Å². The van der Waals surface area contributed by atoms with Gasteiger partial charge in [-0.05, 0) is 46.5 Å². The number of hydrogen-bond acceptors (Lipinski definition) is 6. The molecule has 1 aliphatic carbocycles. The van der Waals surface area contributed by atoms with Crippen molar-refractivity contribution >= 4 is 5.65 Å². The fourth-order valence-electron chi connectivity index (χ4n) is 3.83. The smallest absolute Gasteiger partial charge is 0.184 e. The molecule has 1 fully saturated rings. The van der Waals surface area contributed by atoms with Gasteiger partial charge in [0, 0.05) is 17.7 Å². The molecule has 1 aliphatic rings. The Morgan fingerprint density at radius 3 is 2.55 bits per heavy atom. The molecule has 8 nitrogen and oxygen atoms in total. The summed E-state index contributed by atoms with van der Waals surface area (Å²) in [5.41, 5.74) is 6.07. The second kappa shape index (κ2) is 7.32. The summed E-state index contributed by atoms with van der Waals surface area (Å²) in [6.45, 7) is 0.549. The van der Waals surface area contributed by atoms with Crippen molar-refractivity contribution in [3.63, 3.8) is 0 Å². The van der Waals surface area contributed by atoms with Gasteiger partial charge < -0.3 is 4.74 Å². The number of hydrogen-bond donors (Lipinski definition) is 1. The number of aromatic nitrogens is 7. The third kappa shape index (κ3) is 3.31. The van der Waals surface area contributed by atoms with E-state index in [-0.39, 0.29) is 0 Å². The van der Waals surface area contributed by atoms with Gasteiger partial charge in [-0.2, -0.15) is 5.10 Å². The Bertz CT molecular complexity index is 1320. The highest BCUT2D eigenvalue weighted by atomic mass is 16.5. The minimum Gasteiger partial charge on any atom is -0.489 e. The summed E-state index contributed by atoms with van der Waals surface area (Å²) in [5.74, 6) is 1.89. The quantitative estimate of drug-likeness (QED) is 0.455. The highest BCUT2D eigenvalue weighted by molar-refractivity contribution is 5.75. The number of ether oxygens (including phenoxy) is 1. The lowest BCUT2D eigenvalue weighted by atomic mass is 10.0. The molecule has 5 aromatic rings. The van der Waals surface area contributed by atoms with Crippen molar-refractivity contribution < 1.29 is 4.74 Å². The van der Waals surface area contributed by atoms with Crippen LogP contribution in [0, 0.1) is 0 Å². The van der Waals surface area contributed by atoms with Gasteiger partial charge in [0.2, 0.25) is 0 Å². The fourth-order valence-corrected chi connectivity index (χ4v) is 3.83. The largest absolute Gasteiger partial charge is 0.489 e. The molecule has 0 radical (unpaired) electrons. The summed E-state index contributed by atoms with van der Waals surface area (Å²) in [5, 5.41) is 18.7. The second-order valence-electron chi connectivity index (χ2n) is 7.67. The lowest BCUT2D eigenvalue weighted by Gasteiger charge is -2.12. The van der Waals surface area contributed by atoms with Gasteiger partial charge in [-0.15, -0.1) is 5.10 Å². The molecular formula is C23H19N7O. The lowest BCUT2D eigenvalue weighted by Crippen LogP contribution is -2.02. The van der Waals surface area contributed by atoms with Gasteiger partial charge >= 0.3 is 0 Å². The van der Waals surface area contributed by atoms with E-state index in [9.17, 15) is 0 Å². The monoisotopic (exact) mass is 409 g/mol. The molecule has 8 heteroatoms. The summed E-state index contributed by atoms with van der Waals surface area (Å²) in [6.07, 6.45) is 6.01. The SMILES string of the molecule is c1ccc(COc2ccc(-c3cnc4c(-c5nnn[nH]5)cnn4c3C3CC3)cc2)cc1. The molecule has 0 atom stereocenters. The normalized spacial score (nSPS) is 13.5. The number of fused-ring (bicyclic) bond motifs is 1. The van der Waals surface area contributed by atoms with Crippen molar-refractivity contribution in [2.24, 2.45) is 0 Å². The van der Waals surface area contributed by atoms with Crippen molar-refractivity contribution in [3.8, 4) is 28.3 Å². The molecule has 0 bridgehead atoms. The standard InChI is InChI=1S/C23H19N7O/c1-2-4-15(5-3-1)14-31-18-10-8-16(9-11-18)19-12-24-23-20(22-26-28-29-27-22)13-25-30(23)21(19)17-6-7-17/h1-5,8-13,17H,6-7,14H2,(H,26,27,28,29). The van der Waals surface area contributed by atoms with Crippen LogP contribution in [0.4, 0.5) is 0 Å². The van der Waals surface area contributed by atoms with Crippen LogP contribution in [0.15, 0.2) is 67.0 Å². The van der Waals surface area contributed by atoms with Gasteiger partial charge in [0.15, 0.2) is 11.5 Å². The summed E-state index contributed by atoms with van der Waals surface area (Å²) >= 11 is 0. The van der Waals surface area contributed by atoms with Crippen LogP contribution >= 0.6 is 0 Å². The van der Waals surface area contributed by atoms with E-state index in [1.807, 2.05) is 41.0 Å². The fraction of sp³-hybridized carbons (Fsp3) is 0.174. The molecule has 3 aromatic heterocycles. The molecule has 0 unspecified atom stereocenters. The molecule has 6 rings (SSSR count). The minimum atomic E-state index is 0.482. The zero-order chi connectivity index (χ0) is 20.6. The second-order valence-corrected chi connectivity index (χ2v) is 7.67. The molecule has 3 heterocycles. The summed E-state index contributed by atoms with van der Waals surface area (Å²) in [7, 11) is 0. The molecule has 1 N–H and O–H groups in total. The van der Waals surface area contributed by atoms with Gasteiger partial charge in [0.05, 0.1) is 17.5 Å². The number of aromatic amines is 1. The predicted octanol–water partition coefficient (Wildman–Crippen LogP) is 4.03. The van der Waals surface area contributed by atoms with E-state index in [0.717, 1.165) is 46.5 Å². The number of nitrogens with zero attached hydrogens (tertiary/aromatic N) is 6. The van der Waals surface area contributed by atoms with E-state index in [1.165, 1.54) is 5.69 Å². The van der Waals surface area contributed by atoms with Gasteiger partial charge in [0.25, 0.3) is 0 Å². The van der Waals surface area contributed by atoms with E-state index >= 15 is 0 Å². The number of benzene rings is 2. The molecule has 0 saturated heterocycles. The molecule has 0 spiro atoms. The maximum absolute atomic E-state index is 5.93. The first-order valence-electron chi connectivity index (χ1n) is 10.2. The van der Waals surface area contributed by atoms with E-state index in [2.05, 4.69) is 50.0 Å². The number of rotatable bonds is 6. The maximum atomic E-state index is 5.93. The molecular weight excluding hydrogens is 390 g/mol. The maximum Gasteiger partial charge on any atom is 0.184 e. The van der Waals surface area contributed by atoms with Crippen LogP contribution in [0.5, 0.6) is 5.75 Å². The van der Waals surface area contributed by atoms with Crippen LogP contribution in [0.3, 0.4) is 0 Å². The Balaban J connectivity index is 1.33. The van der Waals surface area contributed by atoms with E-state index in [1.54, 1.807) is 6.20 Å². The zero-order valence-corrected chi connectivity index (χ0v) is 16.6. The first-order valence-corrected chi connectivity index (χ1v) is 10.2. The van der Waals surface area contributed by atoms with Crippen molar-refractivity contribution in [3.05, 3.63) is 78.2 Å². The summed E-state index contributed by atoms with van der Waals surface area (Å²) in [4.78, 5) is 4.70. The lowest BCUT2D eigenvalue weighted by molar-refractivity contribution is 0.306. The molecule has 2 aromatic carbocycles. The van der Waals surface area contributed by atoms with Gasteiger partial charge in [-0.3, -0.25) is 0 Å². The third-order valence-electron chi connectivity index (χ3n) is 5.54. The first kappa shape index (κ1) is 17.8. The summed E-state index contributed by atoms with van der Waals surface area (Å²) < 4.78 is 7.87. The third-order valence-corrected chi connectivity index (χ3v) is 5.54. The van der Waals surface area contributed by atoms with Gasteiger partial charge in [-0.25, -0.2) is 14.6 Å². The Morgan fingerprint density at radius 2 is 1.81 bits per heavy atom. The Kier molecular flexibility index (Phi) is 4.19. The van der Waals surface area contributed by atoms with Crippen LogP contribution in [-0.2, 0) is 6.61 Å². The highest BCUT2D eigenvalue weighted by Crippen LogP contribution is 2.44. The van der Waals surface area contributed by atoms with Crippen LogP contribution in [-0.4, -0.2) is 35.2 Å². The van der Waals surface area contributed by atoms with E-state index in [4.69, 9.17) is 9.72 Å². The number of H-pyrrole nitrogens is 1.